The molecule has 3 aromatic heterocycles. The highest BCUT2D eigenvalue weighted by Gasteiger charge is 2.25. The molecule has 1 aliphatic carbocycles. The lowest BCUT2D eigenvalue weighted by Crippen LogP contribution is -2.40. The van der Waals surface area contributed by atoms with Crippen LogP contribution >= 0.6 is 11.3 Å². The van der Waals surface area contributed by atoms with Crippen molar-refractivity contribution in [1.82, 2.24) is 18.7 Å². The molecular weight excluding hydrogens is 503 g/mol. The highest BCUT2D eigenvalue weighted by Crippen LogP contribution is 2.40. The summed E-state index contributed by atoms with van der Waals surface area (Å²) in [5, 5.41) is 0.515. The van der Waals surface area contributed by atoms with Crippen molar-refractivity contribution in [3.63, 3.8) is 0 Å². The van der Waals surface area contributed by atoms with Crippen molar-refractivity contribution in [1.29, 1.82) is 0 Å². The second-order valence-electron chi connectivity index (χ2n) is 9.85. The van der Waals surface area contributed by atoms with Gasteiger partial charge < -0.3 is 9.30 Å². The maximum Gasteiger partial charge on any atom is 0.336 e. The van der Waals surface area contributed by atoms with Crippen LogP contribution in [-0.4, -0.2) is 25.8 Å². The summed E-state index contributed by atoms with van der Waals surface area (Å²) in [7, 11) is 1.63. The number of ether oxygens (including phenoxy) is 1. The Hall–Kier alpha value is -3.98. The largest absolute Gasteiger partial charge is 0.495 e. The van der Waals surface area contributed by atoms with E-state index in [0.29, 0.717) is 34.1 Å². The molecule has 38 heavy (non-hydrogen) atoms. The van der Waals surface area contributed by atoms with Gasteiger partial charge in [0.1, 0.15) is 16.4 Å². The van der Waals surface area contributed by atoms with Crippen LogP contribution in [0.4, 0.5) is 4.39 Å². The van der Waals surface area contributed by atoms with Crippen LogP contribution in [-0.2, 0) is 6.54 Å². The number of hydrogen-bond donors (Lipinski definition) is 0. The first kappa shape index (κ1) is 24.4. The third-order valence-electron chi connectivity index (χ3n) is 7.39. The number of nitrogens with zero attached hydrogens (tertiary/aromatic N) is 4. The normalized spacial score (nSPS) is 13.7. The van der Waals surface area contributed by atoms with Crippen molar-refractivity contribution in [3.05, 3.63) is 92.9 Å². The molecule has 0 aliphatic heterocycles. The molecule has 0 amide bonds. The molecule has 3 heterocycles. The summed E-state index contributed by atoms with van der Waals surface area (Å²) >= 11 is 1.45. The minimum absolute atomic E-state index is 0.361. The lowest BCUT2D eigenvalue weighted by molar-refractivity contribution is 0.275. The first-order valence-corrected chi connectivity index (χ1v) is 13.4. The molecule has 6 rings (SSSR count). The van der Waals surface area contributed by atoms with E-state index in [-0.39, 0.29) is 5.56 Å². The number of aryl methyl sites for hydroxylation is 2. The Labute approximate surface area is 222 Å². The van der Waals surface area contributed by atoms with E-state index in [1.54, 1.807) is 18.0 Å². The summed E-state index contributed by atoms with van der Waals surface area (Å²) in [4.78, 5) is 33.4. The minimum atomic E-state index is -0.421. The second-order valence-corrected chi connectivity index (χ2v) is 10.9. The average Bonchev–Trinajstić information content (AvgIpc) is 3.47. The van der Waals surface area contributed by atoms with Gasteiger partial charge in [-0.25, -0.2) is 18.7 Å². The van der Waals surface area contributed by atoms with Crippen molar-refractivity contribution in [2.45, 2.75) is 39.7 Å². The van der Waals surface area contributed by atoms with E-state index in [0.717, 1.165) is 46.6 Å². The van der Waals surface area contributed by atoms with Gasteiger partial charge >= 0.3 is 5.69 Å². The zero-order chi connectivity index (χ0) is 26.6. The van der Waals surface area contributed by atoms with Gasteiger partial charge in [-0.05, 0) is 80.1 Å². The molecule has 1 fully saturated rings. The molecule has 0 N–H and O–H groups in total. The van der Waals surface area contributed by atoms with Crippen molar-refractivity contribution in [2.24, 2.45) is 5.92 Å². The Kier molecular flexibility index (Phi) is 6.03. The fourth-order valence-electron chi connectivity index (χ4n) is 5.12. The van der Waals surface area contributed by atoms with E-state index in [1.807, 2.05) is 42.8 Å². The van der Waals surface area contributed by atoms with Gasteiger partial charge in [0.25, 0.3) is 5.56 Å². The lowest BCUT2D eigenvalue weighted by atomic mass is 9.85. The highest BCUT2D eigenvalue weighted by atomic mass is 32.1. The van der Waals surface area contributed by atoms with Crippen LogP contribution in [0, 0.1) is 25.6 Å². The van der Waals surface area contributed by atoms with Crippen molar-refractivity contribution >= 4 is 21.6 Å². The zero-order valence-corrected chi connectivity index (χ0v) is 22.2. The highest BCUT2D eigenvalue weighted by molar-refractivity contribution is 7.22. The Morgan fingerprint density at radius 2 is 1.87 bits per heavy atom. The van der Waals surface area contributed by atoms with E-state index >= 15 is 0 Å². The Bertz CT molecular complexity index is 1790. The van der Waals surface area contributed by atoms with Crippen molar-refractivity contribution in [2.75, 3.05) is 7.11 Å². The molecular formula is C29H27FN4O3S. The van der Waals surface area contributed by atoms with Gasteiger partial charge in [0.05, 0.1) is 35.9 Å². The van der Waals surface area contributed by atoms with Crippen molar-refractivity contribution < 1.29 is 9.13 Å². The van der Waals surface area contributed by atoms with Crippen molar-refractivity contribution in [3.8, 4) is 27.6 Å². The van der Waals surface area contributed by atoms with E-state index in [4.69, 9.17) is 4.74 Å². The maximum atomic E-state index is 13.8. The Morgan fingerprint density at radius 3 is 2.50 bits per heavy atom. The van der Waals surface area contributed by atoms with Gasteiger partial charge in [0, 0.05) is 17.6 Å². The first-order valence-electron chi connectivity index (χ1n) is 12.6. The molecule has 0 radical (unpaired) electrons. The van der Waals surface area contributed by atoms with Crippen LogP contribution in [0.25, 0.3) is 32.0 Å². The Balaban J connectivity index is 1.57. The van der Waals surface area contributed by atoms with Gasteiger partial charge in [-0.15, -0.1) is 11.3 Å². The number of fused-ring (bicyclic) bond motifs is 1. The van der Waals surface area contributed by atoms with Crippen LogP contribution in [0.1, 0.15) is 30.5 Å². The third-order valence-corrected chi connectivity index (χ3v) is 8.76. The molecule has 1 saturated carbocycles. The van der Waals surface area contributed by atoms with Gasteiger partial charge in [-0.2, -0.15) is 0 Å². The fourth-order valence-corrected chi connectivity index (χ4v) is 6.42. The van der Waals surface area contributed by atoms with Crippen LogP contribution in [0.5, 0.6) is 5.75 Å². The molecule has 0 atom stereocenters. The molecule has 9 heteroatoms. The average molecular weight is 531 g/mol. The zero-order valence-electron chi connectivity index (χ0n) is 21.4. The van der Waals surface area contributed by atoms with Crippen LogP contribution in [0.15, 0.2) is 64.6 Å². The number of aromatic nitrogens is 4. The summed E-state index contributed by atoms with van der Waals surface area (Å²) in [6, 6.07) is 11.4. The number of thiophene rings is 1. The number of benzene rings is 2. The maximum absolute atomic E-state index is 13.8. The van der Waals surface area contributed by atoms with Gasteiger partial charge in [0.2, 0.25) is 0 Å². The van der Waals surface area contributed by atoms with E-state index in [9.17, 15) is 14.0 Å². The molecule has 2 aromatic carbocycles. The summed E-state index contributed by atoms with van der Waals surface area (Å²) in [6.07, 6.45) is 6.95. The fraction of sp³-hybridized carbons (Fsp3) is 0.276. The molecule has 7 nitrogen and oxygen atoms in total. The van der Waals surface area contributed by atoms with E-state index in [1.165, 1.54) is 40.2 Å². The summed E-state index contributed by atoms with van der Waals surface area (Å²) < 4.78 is 24.2. The van der Waals surface area contributed by atoms with Gasteiger partial charge in [-0.1, -0.05) is 12.5 Å². The molecule has 1 aliphatic rings. The summed E-state index contributed by atoms with van der Waals surface area (Å²) in [6.45, 7) is 4.40. The van der Waals surface area contributed by atoms with Crippen LogP contribution in [0.2, 0.25) is 0 Å². The number of hydrogen-bond acceptors (Lipinski definition) is 5. The number of halogens is 1. The molecule has 5 aromatic rings. The monoisotopic (exact) mass is 530 g/mol. The molecule has 0 unspecified atom stereocenters. The summed E-state index contributed by atoms with van der Waals surface area (Å²) in [5.74, 6) is 0.654. The summed E-state index contributed by atoms with van der Waals surface area (Å²) in [5.41, 5.74) is 3.04. The molecule has 0 bridgehead atoms. The van der Waals surface area contributed by atoms with Crippen LogP contribution < -0.4 is 16.0 Å². The number of methoxy groups -OCH3 is 1. The number of rotatable bonds is 6. The topological polar surface area (TPSA) is 71.0 Å². The van der Waals surface area contributed by atoms with E-state index < -0.39 is 11.5 Å². The molecule has 0 spiro atoms. The predicted octanol–water partition coefficient (Wildman–Crippen LogP) is 5.63. The predicted molar refractivity (Wildman–Crippen MR) is 148 cm³/mol. The smallest absolute Gasteiger partial charge is 0.336 e. The SMILES string of the molecule is COc1cc(-c2sc3c(c2C)c(=O)n(-c2ccc(F)cc2)c(=O)n3CC2CCC2)ccc1-n1cnc(C)c1. The van der Waals surface area contributed by atoms with Gasteiger partial charge in [-0.3, -0.25) is 9.36 Å². The molecule has 194 valence electrons. The molecule has 0 saturated heterocycles. The second kappa shape index (κ2) is 9.40. The first-order chi connectivity index (χ1) is 18.4. The standard InChI is InChI=1S/C29H27FN4O3S/c1-17-14-32(16-31-17)23-12-7-20(13-24(23)37-3)26-18(2)25-27(35)34(22-10-8-21(30)9-11-22)29(36)33(28(25)38-26)15-19-5-4-6-19/h7-14,16,19H,4-6,15H2,1-3H3. The third kappa shape index (κ3) is 3.98. The number of imidazole rings is 1. The lowest BCUT2D eigenvalue weighted by Gasteiger charge is -2.26. The quantitative estimate of drug-likeness (QED) is 0.285. The van der Waals surface area contributed by atoms with E-state index in [2.05, 4.69) is 4.98 Å². The minimum Gasteiger partial charge on any atom is -0.495 e. The Morgan fingerprint density at radius 1 is 1.11 bits per heavy atom. The van der Waals surface area contributed by atoms with Gasteiger partial charge in [0.15, 0.2) is 0 Å². The van der Waals surface area contributed by atoms with Crippen LogP contribution in [0.3, 0.4) is 0 Å².